The molecule has 1 saturated heterocycles. The number of ether oxygens (including phenoxy) is 1. The Hall–Kier alpha value is -2.85. The summed E-state index contributed by atoms with van der Waals surface area (Å²) >= 11 is 0. The van der Waals surface area contributed by atoms with Crippen molar-refractivity contribution in [2.75, 3.05) is 13.1 Å². The van der Waals surface area contributed by atoms with E-state index in [1.54, 1.807) is 0 Å². The molecule has 3 rings (SSSR count). The summed E-state index contributed by atoms with van der Waals surface area (Å²) in [4.78, 5) is 12.4. The first-order valence-electron chi connectivity index (χ1n) is 9.35. The van der Waals surface area contributed by atoms with E-state index in [-0.39, 0.29) is 16.2 Å². The zero-order valence-electron chi connectivity index (χ0n) is 16.0. The van der Waals surface area contributed by atoms with Crippen molar-refractivity contribution in [1.82, 2.24) is 9.73 Å². The van der Waals surface area contributed by atoms with E-state index in [9.17, 15) is 22.0 Å². The number of alkyl halides is 2. The summed E-state index contributed by atoms with van der Waals surface area (Å²) in [5, 5.41) is 3.82. The summed E-state index contributed by atoms with van der Waals surface area (Å²) in [6.07, 6.45) is 3.99. The normalized spacial score (nSPS) is 15.4. The quantitative estimate of drug-likeness (QED) is 0.532. The number of nitrogens with zero attached hydrogens (tertiary/aromatic N) is 2. The summed E-state index contributed by atoms with van der Waals surface area (Å²) in [6.45, 7) is -1.95. The maximum atomic E-state index is 12.8. The molecule has 7 nitrogen and oxygen atoms in total. The molecule has 0 saturated carbocycles. The van der Waals surface area contributed by atoms with E-state index in [1.165, 1.54) is 59.1 Å². The summed E-state index contributed by atoms with van der Waals surface area (Å²) in [5.41, 5.74) is 3.04. The molecule has 0 unspecified atom stereocenters. The molecule has 0 atom stereocenters. The highest BCUT2D eigenvalue weighted by Crippen LogP contribution is 2.21. The summed E-state index contributed by atoms with van der Waals surface area (Å²) in [5.74, 6) is -0.558. The lowest BCUT2D eigenvalue weighted by Crippen LogP contribution is -2.35. The Labute approximate surface area is 173 Å². The van der Waals surface area contributed by atoms with E-state index in [1.807, 2.05) is 0 Å². The van der Waals surface area contributed by atoms with Gasteiger partial charge in [-0.2, -0.15) is 18.2 Å². The standard InChI is InChI=1S/C20H21F2N3O4S/c21-20(22)29-17-9-7-15(8-10-17)14-23-24-19(26)16-5-4-6-18(13-16)30(27,28)25-11-2-1-3-12-25/h4-10,13-14,20H,1-3,11-12H2,(H,24,26)/b23-14+. The molecule has 0 aliphatic carbocycles. The van der Waals surface area contributed by atoms with Crippen LogP contribution in [0.4, 0.5) is 8.78 Å². The van der Waals surface area contributed by atoms with Crippen LogP contribution in [0.5, 0.6) is 5.75 Å². The van der Waals surface area contributed by atoms with Crippen LogP contribution in [-0.2, 0) is 10.0 Å². The van der Waals surface area contributed by atoms with Crippen molar-refractivity contribution in [3.8, 4) is 5.75 Å². The average Bonchev–Trinajstić information content (AvgIpc) is 2.75. The average molecular weight is 437 g/mol. The fourth-order valence-electron chi connectivity index (χ4n) is 3.02. The molecule has 10 heteroatoms. The minimum Gasteiger partial charge on any atom is -0.435 e. The van der Waals surface area contributed by atoms with E-state index in [4.69, 9.17) is 0 Å². The van der Waals surface area contributed by atoms with Crippen molar-refractivity contribution >= 4 is 22.1 Å². The molecule has 1 aliphatic heterocycles. The number of hydrogen-bond donors (Lipinski definition) is 1. The van der Waals surface area contributed by atoms with Crippen LogP contribution < -0.4 is 10.2 Å². The molecule has 1 heterocycles. The Balaban J connectivity index is 1.64. The minimum atomic E-state index is -3.64. The lowest BCUT2D eigenvalue weighted by molar-refractivity contribution is -0.0498. The van der Waals surface area contributed by atoms with Gasteiger partial charge in [0.15, 0.2) is 0 Å². The highest BCUT2D eigenvalue weighted by Gasteiger charge is 2.26. The van der Waals surface area contributed by atoms with E-state index in [0.717, 1.165) is 19.3 Å². The van der Waals surface area contributed by atoms with Crippen LogP contribution in [0, 0.1) is 0 Å². The van der Waals surface area contributed by atoms with Gasteiger partial charge < -0.3 is 4.74 Å². The first kappa shape index (κ1) is 21.8. The zero-order valence-corrected chi connectivity index (χ0v) is 16.8. The minimum absolute atomic E-state index is 0.0120. The van der Waals surface area contributed by atoms with Crippen molar-refractivity contribution in [1.29, 1.82) is 0 Å². The maximum Gasteiger partial charge on any atom is 0.387 e. The van der Waals surface area contributed by atoms with Gasteiger partial charge in [0.25, 0.3) is 5.91 Å². The van der Waals surface area contributed by atoms with Crippen LogP contribution in [-0.4, -0.2) is 44.5 Å². The second-order valence-corrected chi connectivity index (χ2v) is 8.58. The predicted octanol–water partition coefficient (Wildman–Crippen LogP) is 3.23. The fraction of sp³-hybridized carbons (Fsp3) is 0.300. The van der Waals surface area contributed by atoms with Crippen molar-refractivity contribution in [2.24, 2.45) is 5.10 Å². The smallest absolute Gasteiger partial charge is 0.387 e. The molecule has 2 aromatic carbocycles. The molecular formula is C20H21F2N3O4S. The van der Waals surface area contributed by atoms with Crippen LogP contribution in [0.2, 0.25) is 0 Å². The lowest BCUT2D eigenvalue weighted by atomic mass is 10.2. The number of carbonyl (C=O) groups excluding carboxylic acids is 1. The van der Waals surface area contributed by atoms with Gasteiger partial charge in [-0.1, -0.05) is 12.5 Å². The molecule has 1 N–H and O–H groups in total. The Morgan fingerprint density at radius 1 is 1.10 bits per heavy atom. The van der Waals surface area contributed by atoms with Crippen LogP contribution in [0.25, 0.3) is 0 Å². The van der Waals surface area contributed by atoms with Crippen LogP contribution >= 0.6 is 0 Å². The zero-order chi connectivity index (χ0) is 21.6. The van der Waals surface area contributed by atoms with Gasteiger partial charge in [-0.25, -0.2) is 13.8 Å². The van der Waals surface area contributed by atoms with Gasteiger partial charge in [0, 0.05) is 18.7 Å². The second kappa shape index (κ2) is 9.77. The molecule has 2 aromatic rings. The molecule has 1 fully saturated rings. The number of carbonyl (C=O) groups is 1. The highest BCUT2D eigenvalue weighted by atomic mass is 32.2. The number of nitrogens with one attached hydrogen (secondary N) is 1. The number of piperidine rings is 1. The number of sulfonamides is 1. The molecule has 0 aromatic heterocycles. The third-order valence-corrected chi connectivity index (χ3v) is 6.43. The summed E-state index contributed by atoms with van der Waals surface area (Å²) in [6, 6.07) is 11.5. The van der Waals surface area contributed by atoms with Gasteiger partial charge in [0.05, 0.1) is 11.1 Å². The fourth-order valence-corrected chi connectivity index (χ4v) is 4.58. The van der Waals surface area contributed by atoms with Gasteiger partial charge in [0.1, 0.15) is 5.75 Å². The summed E-state index contributed by atoms with van der Waals surface area (Å²) in [7, 11) is -3.64. The van der Waals surface area contributed by atoms with E-state index >= 15 is 0 Å². The molecule has 1 amide bonds. The molecule has 1 aliphatic rings. The summed E-state index contributed by atoms with van der Waals surface area (Å²) < 4.78 is 55.5. The van der Waals surface area contributed by atoms with Crippen molar-refractivity contribution in [3.05, 3.63) is 59.7 Å². The molecule has 30 heavy (non-hydrogen) atoms. The van der Waals surface area contributed by atoms with E-state index in [2.05, 4.69) is 15.3 Å². The number of benzene rings is 2. The topological polar surface area (TPSA) is 88.1 Å². The first-order chi connectivity index (χ1) is 14.4. The lowest BCUT2D eigenvalue weighted by Gasteiger charge is -2.25. The highest BCUT2D eigenvalue weighted by molar-refractivity contribution is 7.89. The van der Waals surface area contributed by atoms with E-state index < -0.39 is 22.5 Å². The number of amides is 1. The molecule has 0 radical (unpaired) electrons. The monoisotopic (exact) mass is 437 g/mol. The Kier molecular flexibility index (Phi) is 7.11. The third-order valence-electron chi connectivity index (χ3n) is 4.53. The van der Waals surface area contributed by atoms with Crippen LogP contribution in [0.3, 0.4) is 0 Å². The number of halogens is 2. The van der Waals surface area contributed by atoms with Gasteiger partial charge in [-0.3, -0.25) is 4.79 Å². The van der Waals surface area contributed by atoms with Crippen molar-refractivity contribution in [3.63, 3.8) is 0 Å². The SMILES string of the molecule is O=C(N/N=C/c1ccc(OC(F)F)cc1)c1cccc(S(=O)(=O)N2CCCCC2)c1. The van der Waals surface area contributed by atoms with Crippen molar-refractivity contribution < 1.29 is 26.7 Å². The number of hydrogen-bond acceptors (Lipinski definition) is 5. The first-order valence-corrected chi connectivity index (χ1v) is 10.8. The Morgan fingerprint density at radius 3 is 2.47 bits per heavy atom. The van der Waals surface area contributed by atoms with Crippen molar-refractivity contribution in [2.45, 2.75) is 30.8 Å². The number of hydrazone groups is 1. The Bertz CT molecular complexity index is 1000. The van der Waals surface area contributed by atoms with Crippen LogP contribution in [0.15, 0.2) is 58.5 Å². The van der Waals surface area contributed by atoms with Crippen LogP contribution in [0.1, 0.15) is 35.2 Å². The maximum absolute atomic E-state index is 12.8. The van der Waals surface area contributed by atoms with E-state index in [0.29, 0.717) is 18.7 Å². The van der Waals surface area contributed by atoms with Gasteiger partial charge in [-0.15, -0.1) is 0 Å². The second-order valence-electron chi connectivity index (χ2n) is 6.64. The van der Waals surface area contributed by atoms with Gasteiger partial charge >= 0.3 is 6.61 Å². The predicted molar refractivity (Wildman–Crippen MR) is 107 cm³/mol. The number of rotatable bonds is 7. The Morgan fingerprint density at radius 2 is 1.80 bits per heavy atom. The third kappa shape index (κ3) is 5.61. The largest absolute Gasteiger partial charge is 0.435 e. The molecule has 0 spiro atoms. The van der Waals surface area contributed by atoms with Gasteiger partial charge in [-0.05, 0) is 60.9 Å². The molecule has 160 valence electrons. The molecule has 0 bridgehead atoms. The molecular weight excluding hydrogens is 416 g/mol. The van der Waals surface area contributed by atoms with Gasteiger partial charge in [0.2, 0.25) is 10.0 Å².